The Kier molecular flexibility index (Phi) is 5.62. The predicted octanol–water partition coefficient (Wildman–Crippen LogP) is 0.787. The van der Waals surface area contributed by atoms with Crippen molar-refractivity contribution in [1.82, 2.24) is 9.03 Å². The molecule has 12 heteroatoms. The van der Waals surface area contributed by atoms with Crippen molar-refractivity contribution in [3.63, 3.8) is 0 Å². The Labute approximate surface area is 169 Å². The summed E-state index contributed by atoms with van der Waals surface area (Å²) in [5, 5.41) is 10.0. The average molecular weight is 448 g/mol. The van der Waals surface area contributed by atoms with E-state index >= 15 is 4.39 Å². The van der Waals surface area contributed by atoms with Crippen LogP contribution in [0.25, 0.3) is 5.57 Å². The monoisotopic (exact) mass is 447 g/mol. The van der Waals surface area contributed by atoms with E-state index in [1.807, 2.05) is 13.8 Å². The summed E-state index contributed by atoms with van der Waals surface area (Å²) in [5.41, 5.74) is -0.329. The van der Waals surface area contributed by atoms with Crippen LogP contribution in [-0.2, 0) is 25.0 Å². The van der Waals surface area contributed by atoms with E-state index in [2.05, 4.69) is 0 Å². The molecular weight excluding hydrogens is 425 g/mol. The molecule has 0 bridgehead atoms. The first-order valence-electron chi connectivity index (χ1n) is 8.94. The second kappa shape index (κ2) is 7.58. The number of nitrogens with zero attached hydrogens (tertiary/aromatic N) is 2. The molecule has 2 N–H and O–H groups in total. The third-order valence-electron chi connectivity index (χ3n) is 4.74. The van der Waals surface area contributed by atoms with Gasteiger partial charge in [0.15, 0.2) is 5.82 Å². The van der Waals surface area contributed by atoms with E-state index in [1.54, 1.807) is 10.8 Å². The van der Waals surface area contributed by atoms with Crippen LogP contribution in [0.15, 0.2) is 18.2 Å². The molecule has 2 aliphatic heterocycles. The minimum absolute atomic E-state index is 0.0189. The van der Waals surface area contributed by atoms with Gasteiger partial charge in [0.25, 0.3) is 5.91 Å². The normalized spacial score (nSPS) is 19.7. The number of anilines is 1. The lowest BCUT2D eigenvalue weighted by atomic mass is 10.0. The zero-order valence-corrected chi connectivity index (χ0v) is 17.6. The van der Waals surface area contributed by atoms with Gasteiger partial charge in [-0.3, -0.25) is 4.79 Å². The first-order valence-corrected chi connectivity index (χ1v) is 12.0. The number of hydrogen-bond donors (Lipinski definition) is 2. The summed E-state index contributed by atoms with van der Waals surface area (Å²) in [6.45, 7) is 3.19. The van der Waals surface area contributed by atoms with Gasteiger partial charge in [-0.15, -0.1) is 0 Å². The molecule has 0 unspecified atom stereocenters. The minimum atomic E-state index is -4.32. The lowest BCUT2D eigenvalue weighted by Crippen LogP contribution is -2.32. The van der Waals surface area contributed by atoms with E-state index in [1.165, 1.54) is 10.4 Å². The molecule has 2 heterocycles. The number of carbonyl (C=O) groups excluding carboxylic acids is 1. The van der Waals surface area contributed by atoms with E-state index in [4.69, 9.17) is 0 Å². The van der Waals surface area contributed by atoms with Gasteiger partial charge in [0.1, 0.15) is 18.0 Å². The Morgan fingerprint density at radius 1 is 1.28 bits per heavy atom. The lowest BCUT2D eigenvalue weighted by molar-refractivity contribution is -0.117. The highest BCUT2D eigenvalue weighted by Crippen LogP contribution is 2.38. The largest absolute Gasteiger partial charge is 0.506 e. The molecule has 2 aliphatic rings. The standard InChI is InChI=1S/C17H22FN3O6S2/c1-11(2)6-8-28(24,25)20-7-5-12(9-20)13-3-4-14(22)17(16(13)18)21-10-15(23)19-29(21,26)27/h3-5,11,22H,6-10H2,1-2H3,(H,19,23). The Balaban J connectivity index is 1.89. The van der Waals surface area contributed by atoms with Crippen LogP contribution in [0.1, 0.15) is 25.8 Å². The van der Waals surface area contributed by atoms with Crippen LogP contribution in [0.4, 0.5) is 10.1 Å². The summed E-state index contributed by atoms with van der Waals surface area (Å²) in [4.78, 5) is 11.4. The summed E-state index contributed by atoms with van der Waals surface area (Å²) in [5.74, 6) is -2.34. The van der Waals surface area contributed by atoms with Crippen molar-refractivity contribution in [3.8, 4) is 5.75 Å². The molecule has 29 heavy (non-hydrogen) atoms. The molecule has 0 saturated carbocycles. The molecule has 3 rings (SSSR count). The number of rotatable bonds is 6. The van der Waals surface area contributed by atoms with Crippen molar-refractivity contribution >= 4 is 37.4 Å². The molecule has 0 atom stereocenters. The number of amides is 1. The number of hydrogen-bond acceptors (Lipinski definition) is 6. The molecular formula is C17H22FN3O6S2. The maximum Gasteiger partial charge on any atom is 0.326 e. The summed E-state index contributed by atoms with van der Waals surface area (Å²) in [6, 6.07) is 2.37. The molecule has 1 aromatic carbocycles. The zero-order valence-electron chi connectivity index (χ0n) is 15.9. The van der Waals surface area contributed by atoms with E-state index in [0.717, 1.165) is 6.07 Å². The Morgan fingerprint density at radius 2 is 1.97 bits per heavy atom. The van der Waals surface area contributed by atoms with Gasteiger partial charge < -0.3 is 5.11 Å². The SMILES string of the molecule is CC(C)CCS(=O)(=O)N1CC=C(c2ccc(O)c(N3CC(=O)NS3(=O)=O)c2F)C1. The van der Waals surface area contributed by atoms with Crippen LogP contribution >= 0.6 is 0 Å². The van der Waals surface area contributed by atoms with Gasteiger partial charge in [-0.1, -0.05) is 19.9 Å². The summed E-state index contributed by atoms with van der Waals surface area (Å²) in [6.07, 6.45) is 2.05. The fourth-order valence-corrected chi connectivity index (χ4v) is 5.97. The van der Waals surface area contributed by atoms with Gasteiger partial charge in [-0.25, -0.2) is 21.8 Å². The third kappa shape index (κ3) is 4.23. The molecule has 0 spiro atoms. The topological polar surface area (TPSA) is 124 Å². The number of halogens is 1. The van der Waals surface area contributed by atoms with Crippen molar-refractivity contribution in [1.29, 1.82) is 0 Å². The molecule has 0 aliphatic carbocycles. The van der Waals surface area contributed by atoms with Crippen LogP contribution < -0.4 is 9.03 Å². The summed E-state index contributed by atoms with van der Waals surface area (Å²) >= 11 is 0. The van der Waals surface area contributed by atoms with Crippen LogP contribution in [0, 0.1) is 11.7 Å². The fourth-order valence-electron chi connectivity index (χ4n) is 3.14. The van der Waals surface area contributed by atoms with Gasteiger partial charge in [-0.05, 0) is 30.0 Å². The number of benzene rings is 1. The van der Waals surface area contributed by atoms with Crippen LogP contribution in [0.3, 0.4) is 0 Å². The van der Waals surface area contributed by atoms with Gasteiger partial charge in [0, 0.05) is 18.7 Å². The lowest BCUT2D eigenvalue weighted by Gasteiger charge is -2.20. The molecule has 1 aromatic rings. The predicted molar refractivity (Wildman–Crippen MR) is 105 cm³/mol. The summed E-state index contributed by atoms with van der Waals surface area (Å²) < 4.78 is 67.6. The smallest absolute Gasteiger partial charge is 0.326 e. The van der Waals surface area contributed by atoms with E-state index in [9.17, 15) is 26.7 Å². The fraction of sp³-hybridized carbons (Fsp3) is 0.471. The molecule has 160 valence electrons. The highest BCUT2D eigenvalue weighted by molar-refractivity contribution is 7.92. The number of phenols is 1. The molecule has 1 fully saturated rings. The number of sulfonamides is 1. The van der Waals surface area contributed by atoms with Crippen LogP contribution in [0.5, 0.6) is 5.75 Å². The van der Waals surface area contributed by atoms with E-state index in [0.29, 0.717) is 16.3 Å². The highest BCUT2D eigenvalue weighted by atomic mass is 32.2. The van der Waals surface area contributed by atoms with Gasteiger partial charge in [-0.2, -0.15) is 12.7 Å². The van der Waals surface area contributed by atoms with E-state index in [-0.39, 0.29) is 30.3 Å². The van der Waals surface area contributed by atoms with Crippen molar-refractivity contribution in [2.75, 3.05) is 29.7 Å². The number of carbonyl (C=O) groups is 1. The third-order valence-corrected chi connectivity index (χ3v) is 7.94. The Hall–Kier alpha value is -2.18. The second-order valence-electron chi connectivity index (χ2n) is 7.35. The number of nitrogens with one attached hydrogen (secondary N) is 1. The van der Waals surface area contributed by atoms with Gasteiger partial charge >= 0.3 is 10.2 Å². The molecule has 1 amide bonds. The van der Waals surface area contributed by atoms with Crippen molar-refractivity contribution in [3.05, 3.63) is 29.6 Å². The van der Waals surface area contributed by atoms with Crippen LogP contribution in [0.2, 0.25) is 0 Å². The number of phenolic OH excluding ortho intramolecular Hbond substituents is 1. The zero-order chi connectivity index (χ0) is 21.6. The molecule has 9 nitrogen and oxygen atoms in total. The highest BCUT2D eigenvalue weighted by Gasteiger charge is 2.38. The number of aromatic hydroxyl groups is 1. The molecule has 0 radical (unpaired) electrons. The molecule has 1 saturated heterocycles. The van der Waals surface area contributed by atoms with Gasteiger partial charge in [0.2, 0.25) is 10.0 Å². The minimum Gasteiger partial charge on any atom is -0.506 e. The van der Waals surface area contributed by atoms with Crippen molar-refractivity contribution < 1.29 is 31.1 Å². The maximum atomic E-state index is 15.2. The first-order chi connectivity index (χ1) is 13.4. The second-order valence-corrected chi connectivity index (χ2v) is 11.0. The van der Waals surface area contributed by atoms with E-state index < -0.39 is 49.9 Å². The van der Waals surface area contributed by atoms with Crippen molar-refractivity contribution in [2.45, 2.75) is 20.3 Å². The maximum absolute atomic E-state index is 15.2. The molecule has 0 aromatic heterocycles. The summed E-state index contributed by atoms with van der Waals surface area (Å²) in [7, 11) is -7.84. The Morgan fingerprint density at radius 3 is 2.55 bits per heavy atom. The van der Waals surface area contributed by atoms with Crippen molar-refractivity contribution in [2.24, 2.45) is 5.92 Å². The van der Waals surface area contributed by atoms with Gasteiger partial charge in [0.05, 0.1) is 5.75 Å². The quantitative estimate of drug-likeness (QED) is 0.664. The average Bonchev–Trinajstić information content (AvgIpc) is 3.18. The Bertz CT molecular complexity index is 1080. The first kappa shape index (κ1) is 21.5. The van der Waals surface area contributed by atoms with Crippen LogP contribution in [-0.4, -0.2) is 57.5 Å².